The first-order valence-electron chi connectivity index (χ1n) is 11.7. The molecule has 1 amide bonds. The Kier molecular flexibility index (Phi) is 6.51. The molecule has 34 heavy (non-hydrogen) atoms. The van der Waals surface area contributed by atoms with Gasteiger partial charge in [0.15, 0.2) is 11.3 Å². The Hall–Kier alpha value is -2.98. The molecular weight excluding hydrogens is 452 g/mol. The maximum atomic E-state index is 13.4. The van der Waals surface area contributed by atoms with E-state index in [1.807, 2.05) is 26.0 Å². The van der Waals surface area contributed by atoms with Gasteiger partial charge < -0.3 is 15.0 Å². The number of nitrogens with zero attached hydrogens (tertiary/aromatic N) is 5. The number of rotatable bonds is 7. The van der Waals surface area contributed by atoms with Gasteiger partial charge in [-0.3, -0.25) is 14.6 Å². The minimum atomic E-state index is -0.136. The number of hydrogen-bond acceptors (Lipinski definition) is 9. The predicted molar refractivity (Wildman–Crippen MR) is 129 cm³/mol. The van der Waals surface area contributed by atoms with Gasteiger partial charge in [-0.1, -0.05) is 6.07 Å². The molecule has 178 valence electrons. The first-order chi connectivity index (χ1) is 16.5. The van der Waals surface area contributed by atoms with Crippen molar-refractivity contribution in [3.05, 3.63) is 40.8 Å². The topological polar surface area (TPSA) is 110 Å². The van der Waals surface area contributed by atoms with Crippen molar-refractivity contribution in [3.63, 3.8) is 0 Å². The smallest absolute Gasteiger partial charge is 0.274 e. The van der Waals surface area contributed by atoms with E-state index in [1.165, 1.54) is 11.3 Å². The molecule has 5 rings (SSSR count). The van der Waals surface area contributed by atoms with Crippen LogP contribution < -0.4 is 5.32 Å². The van der Waals surface area contributed by atoms with Crippen LogP contribution in [0.15, 0.2) is 24.5 Å². The lowest BCUT2D eigenvalue weighted by molar-refractivity contribution is -0.127. The van der Waals surface area contributed by atoms with Crippen molar-refractivity contribution in [2.75, 3.05) is 31.6 Å². The van der Waals surface area contributed by atoms with Gasteiger partial charge in [0.25, 0.3) is 5.91 Å². The highest BCUT2D eigenvalue weighted by Crippen LogP contribution is 2.30. The summed E-state index contributed by atoms with van der Waals surface area (Å²) >= 11 is 1.43. The number of ketones is 1. The molecule has 9 nitrogen and oxygen atoms in total. The highest BCUT2D eigenvalue weighted by Gasteiger charge is 2.36. The molecule has 1 N–H and O–H groups in total. The van der Waals surface area contributed by atoms with Gasteiger partial charge in [0, 0.05) is 57.0 Å². The molecule has 3 aromatic rings. The molecule has 5 heterocycles. The Morgan fingerprint density at radius 1 is 1.24 bits per heavy atom. The number of anilines is 1. The number of Topliss-reactive ketones (excluding diaryl/α,β-unsaturated/α-hetero) is 1. The number of thiazole rings is 1. The number of likely N-dealkylation sites (tertiary alicyclic amines) is 1. The maximum absolute atomic E-state index is 13.4. The molecule has 0 unspecified atom stereocenters. The zero-order valence-electron chi connectivity index (χ0n) is 19.4. The first kappa shape index (κ1) is 22.8. The fourth-order valence-corrected chi connectivity index (χ4v) is 5.37. The van der Waals surface area contributed by atoms with Crippen LogP contribution >= 0.6 is 11.3 Å². The van der Waals surface area contributed by atoms with Gasteiger partial charge in [-0.15, -0.1) is 11.3 Å². The molecule has 0 aliphatic carbocycles. The average molecular weight is 481 g/mol. The molecule has 0 radical (unpaired) electrons. The van der Waals surface area contributed by atoms with E-state index in [2.05, 4.69) is 25.3 Å². The van der Waals surface area contributed by atoms with Gasteiger partial charge in [-0.2, -0.15) is 4.98 Å². The Balaban J connectivity index is 1.29. The Morgan fingerprint density at radius 2 is 2.03 bits per heavy atom. The van der Waals surface area contributed by atoms with Crippen LogP contribution in [0.4, 0.5) is 5.95 Å². The van der Waals surface area contributed by atoms with E-state index < -0.39 is 0 Å². The fraction of sp³-hybridized carbons (Fsp3) is 0.500. The Labute approximate surface area is 202 Å². The number of ether oxygens (including phenoxy) is 1. The number of aromatic nitrogens is 4. The minimum absolute atomic E-state index is 0.0848. The van der Waals surface area contributed by atoms with Crippen molar-refractivity contribution in [3.8, 4) is 0 Å². The SMILES string of the molecule is Cc1nc2nc(N[C@@H](C)c3cccnc3)nc(C(=O)N3CC(CC(=O)C4CCOCC4)C3)c2s1. The third-order valence-corrected chi connectivity index (χ3v) is 7.47. The second kappa shape index (κ2) is 9.71. The summed E-state index contributed by atoms with van der Waals surface area (Å²) in [7, 11) is 0. The third kappa shape index (κ3) is 4.78. The van der Waals surface area contributed by atoms with Crippen molar-refractivity contribution in [1.82, 2.24) is 24.8 Å². The zero-order chi connectivity index (χ0) is 23.7. The molecule has 1 atom stereocenters. The van der Waals surface area contributed by atoms with Crippen molar-refractivity contribution >= 4 is 39.3 Å². The predicted octanol–water partition coefficient (Wildman–Crippen LogP) is 3.42. The Bertz CT molecular complexity index is 1190. The van der Waals surface area contributed by atoms with E-state index in [9.17, 15) is 9.59 Å². The second-order valence-corrected chi connectivity index (χ2v) is 10.3. The van der Waals surface area contributed by atoms with Crippen LogP contribution in [0, 0.1) is 18.8 Å². The number of hydrogen-bond donors (Lipinski definition) is 1. The minimum Gasteiger partial charge on any atom is -0.381 e. The van der Waals surface area contributed by atoms with Crippen LogP contribution in [0.5, 0.6) is 0 Å². The summed E-state index contributed by atoms with van der Waals surface area (Å²) in [5.41, 5.74) is 1.88. The van der Waals surface area contributed by atoms with Gasteiger partial charge >= 0.3 is 0 Å². The summed E-state index contributed by atoms with van der Waals surface area (Å²) in [5.74, 6) is 0.851. The van der Waals surface area contributed by atoms with Gasteiger partial charge in [0.2, 0.25) is 5.95 Å². The van der Waals surface area contributed by atoms with Gasteiger partial charge in [-0.05, 0) is 38.3 Å². The average Bonchev–Trinajstić information content (AvgIpc) is 3.21. The summed E-state index contributed by atoms with van der Waals surface area (Å²) in [6.07, 6.45) is 5.67. The number of carbonyl (C=O) groups is 2. The van der Waals surface area contributed by atoms with Crippen LogP contribution in [0.3, 0.4) is 0 Å². The summed E-state index contributed by atoms with van der Waals surface area (Å²) in [6, 6.07) is 3.77. The van der Waals surface area contributed by atoms with E-state index in [0.29, 0.717) is 60.5 Å². The number of pyridine rings is 1. The molecule has 2 aliphatic rings. The van der Waals surface area contributed by atoms with Gasteiger partial charge in [0.1, 0.15) is 10.5 Å². The van der Waals surface area contributed by atoms with Crippen LogP contribution in [0.2, 0.25) is 0 Å². The molecular formula is C24H28N6O3S. The van der Waals surface area contributed by atoms with E-state index >= 15 is 0 Å². The highest BCUT2D eigenvalue weighted by atomic mass is 32.1. The molecule has 10 heteroatoms. The first-order valence-corrected chi connectivity index (χ1v) is 12.5. The maximum Gasteiger partial charge on any atom is 0.274 e. The fourth-order valence-electron chi connectivity index (χ4n) is 4.53. The molecule has 0 saturated carbocycles. The number of fused-ring (bicyclic) bond motifs is 1. The monoisotopic (exact) mass is 480 g/mol. The quantitative estimate of drug-likeness (QED) is 0.548. The largest absolute Gasteiger partial charge is 0.381 e. The summed E-state index contributed by atoms with van der Waals surface area (Å²) < 4.78 is 6.06. The normalized spacial score (nSPS) is 18.0. The number of aryl methyl sites for hydroxylation is 1. The number of carbonyl (C=O) groups excluding carboxylic acids is 2. The van der Waals surface area contributed by atoms with Crippen LogP contribution in [-0.2, 0) is 9.53 Å². The van der Waals surface area contributed by atoms with Crippen LogP contribution in [0.25, 0.3) is 10.3 Å². The van der Waals surface area contributed by atoms with E-state index in [-0.39, 0.29) is 23.8 Å². The lowest BCUT2D eigenvalue weighted by Gasteiger charge is -2.39. The zero-order valence-corrected chi connectivity index (χ0v) is 20.2. The molecule has 2 fully saturated rings. The Morgan fingerprint density at radius 3 is 2.76 bits per heavy atom. The number of amides is 1. The lowest BCUT2D eigenvalue weighted by atomic mass is 9.86. The van der Waals surface area contributed by atoms with E-state index in [0.717, 1.165) is 23.4 Å². The standard InChI is InChI=1S/C24H28N6O3S/c1-14(18-4-3-7-25-11-18)26-24-28-20(21-22(29-24)27-15(2)34-21)23(32)30-12-16(13-30)10-19(31)17-5-8-33-9-6-17/h3-4,7,11,14,16-17H,5-6,8-10,12-13H2,1-2H3,(H,26,28,29)/t14-/m0/s1. The van der Waals surface area contributed by atoms with E-state index in [1.54, 1.807) is 17.3 Å². The molecule has 0 aromatic carbocycles. The molecule has 3 aromatic heterocycles. The molecule has 0 spiro atoms. The molecule has 2 aliphatic heterocycles. The van der Waals surface area contributed by atoms with Crippen molar-refractivity contribution in [2.24, 2.45) is 11.8 Å². The highest BCUT2D eigenvalue weighted by molar-refractivity contribution is 7.18. The molecule has 2 saturated heterocycles. The van der Waals surface area contributed by atoms with Crippen LogP contribution in [-0.4, -0.2) is 62.8 Å². The third-order valence-electron chi connectivity index (χ3n) is 6.50. The van der Waals surface area contributed by atoms with Crippen molar-refractivity contribution < 1.29 is 14.3 Å². The summed E-state index contributed by atoms with van der Waals surface area (Å²) in [4.78, 5) is 45.5. The summed E-state index contributed by atoms with van der Waals surface area (Å²) in [6.45, 7) is 6.37. The molecule has 0 bridgehead atoms. The summed E-state index contributed by atoms with van der Waals surface area (Å²) in [5, 5.41) is 4.11. The lowest BCUT2D eigenvalue weighted by Crippen LogP contribution is -2.51. The van der Waals surface area contributed by atoms with Crippen molar-refractivity contribution in [1.29, 1.82) is 0 Å². The van der Waals surface area contributed by atoms with Gasteiger partial charge in [-0.25, -0.2) is 9.97 Å². The van der Waals surface area contributed by atoms with Gasteiger partial charge in [0.05, 0.1) is 11.0 Å². The second-order valence-electron chi connectivity index (χ2n) is 9.07. The number of nitrogens with one attached hydrogen (secondary N) is 1. The van der Waals surface area contributed by atoms with Crippen molar-refractivity contribution in [2.45, 2.75) is 39.2 Å². The van der Waals surface area contributed by atoms with E-state index in [4.69, 9.17) is 4.74 Å². The van der Waals surface area contributed by atoms with Crippen LogP contribution in [0.1, 0.15) is 53.3 Å².